The third kappa shape index (κ3) is 4.25. The van der Waals surface area contributed by atoms with Gasteiger partial charge in [-0.05, 0) is 35.9 Å². The van der Waals surface area contributed by atoms with E-state index in [9.17, 15) is 9.18 Å². The Morgan fingerprint density at radius 2 is 1.81 bits per heavy atom. The SMILES string of the molecule is O=C(c1ccc(Cn2cccn2)o1)N1CCN(Cc2ccc(F)cc2)CC1. The van der Waals surface area contributed by atoms with E-state index in [-0.39, 0.29) is 11.7 Å². The van der Waals surface area contributed by atoms with Gasteiger partial charge < -0.3 is 9.32 Å². The Labute approximate surface area is 156 Å². The van der Waals surface area contributed by atoms with E-state index in [2.05, 4.69) is 10.00 Å². The van der Waals surface area contributed by atoms with E-state index in [1.165, 1.54) is 12.1 Å². The summed E-state index contributed by atoms with van der Waals surface area (Å²) < 4.78 is 20.5. The average molecular weight is 368 g/mol. The molecule has 0 bridgehead atoms. The molecule has 3 aromatic rings. The Balaban J connectivity index is 1.30. The fourth-order valence-corrected chi connectivity index (χ4v) is 3.24. The molecule has 2 aromatic heterocycles. The highest BCUT2D eigenvalue weighted by Crippen LogP contribution is 2.15. The summed E-state index contributed by atoms with van der Waals surface area (Å²) in [5.74, 6) is 0.767. The highest BCUT2D eigenvalue weighted by molar-refractivity contribution is 5.91. The highest BCUT2D eigenvalue weighted by Gasteiger charge is 2.24. The van der Waals surface area contributed by atoms with Gasteiger partial charge in [-0.3, -0.25) is 14.4 Å². The lowest BCUT2D eigenvalue weighted by molar-refractivity contribution is 0.0595. The van der Waals surface area contributed by atoms with Crippen molar-refractivity contribution in [3.8, 4) is 0 Å². The third-order valence-corrected chi connectivity index (χ3v) is 4.73. The van der Waals surface area contributed by atoms with Gasteiger partial charge in [0.2, 0.25) is 0 Å². The minimum Gasteiger partial charge on any atom is -0.454 e. The van der Waals surface area contributed by atoms with Gasteiger partial charge in [0.25, 0.3) is 5.91 Å². The monoisotopic (exact) mass is 368 g/mol. The van der Waals surface area contributed by atoms with Gasteiger partial charge in [-0.25, -0.2) is 4.39 Å². The lowest BCUT2D eigenvalue weighted by Gasteiger charge is -2.34. The van der Waals surface area contributed by atoms with Gasteiger partial charge in [-0.15, -0.1) is 0 Å². The van der Waals surface area contributed by atoms with Crippen molar-refractivity contribution in [1.29, 1.82) is 0 Å². The molecule has 0 radical (unpaired) electrons. The summed E-state index contributed by atoms with van der Waals surface area (Å²) >= 11 is 0. The fraction of sp³-hybridized carbons (Fsp3) is 0.300. The standard InChI is InChI=1S/C20H21FN4O2/c21-17-4-2-16(3-5-17)14-23-10-12-24(13-11-23)20(26)19-7-6-18(27-19)15-25-9-1-8-22-25/h1-9H,10-15H2. The first-order valence-corrected chi connectivity index (χ1v) is 8.99. The molecule has 27 heavy (non-hydrogen) atoms. The molecule has 1 aliphatic heterocycles. The van der Waals surface area contributed by atoms with Crippen LogP contribution in [-0.2, 0) is 13.1 Å². The van der Waals surface area contributed by atoms with Gasteiger partial charge in [-0.2, -0.15) is 5.10 Å². The van der Waals surface area contributed by atoms with Crippen molar-refractivity contribution in [2.75, 3.05) is 26.2 Å². The Bertz CT molecular complexity index is 881. The number of nitrogens with zero attached hydrogens (tertiary/aromatic N) is 4. The largest absolute Gasteiger partial charge is 0.454 e. The molecule has 0 aliphatic carbocycles. The molecule has 4 rings (SSSR count). The molecule has 1 aromatic carbocycles. The zero-order chi connectivity index (χ0) is 18.6. The van der Waals surface area contributed by atoms with Crippen LogP contribution in [0.15, 0.2) is 59.3 Å². The number of furan rings is 1. The quantitative estimate of drug-likeness (QED) is 0.695. The van der Waals surface area contributed by atoms with Crippen LogP contribution in [0, 0.1) is 5.82 Å². The number of hydrogen-bond acceptors (Lipinski definition) is 4. The molecule has 0 unspecified atom stereocenters. The fourth-order valence-electron chi connectivity index (χ4n) is 3.24. The molecule has 0 saturated carbocycles. The van der Waals surface area contributed by atoms with E-state index in [4.69, 9.17) is 4.42 Å². The lowest BCUT2D eigenvalue weighted by atomic mass is 10.2. The second-order valence-corrected chi connectivity index (χ2v) is 6.66. The van der Waals surface area contributed by atoms with Crippen LogP contribution in [0.3, 0.4) is 0 Å². The van der Waals surface area contributed by atoms with Crippen molar-refractivity contribution in [2.24, 2.45) is 0 Å². The maximum Gasteiger partial charge on any atom is 0.289 e. The number of carbonyl (C=O) groups is 1. The number of piperazine rings is 1. The summed E-state index contributed by atoms with van der Waals surface area (Å²) in [4.78, 5) is 16.8. The predicted molar refractivity (Wildman–Crippen MR) is 97.6 cm³/mol. The topological polar surface area (TPSA) is 54.5 Å². The minimum atomic E-state index is -0.223. The molecule has 1 saturated heterocycles. The van der Waals surface area contributed by atoms with Crippen LogP contribution in [0.5, 0.6) is 0 Å². The summed E-state index contributed by atoms with van der Waals surface area (Å²) in [6.45, 7) is 4.13. The van der Waals surface area contributed by atoms with Crippen molar-refractivity contribution in [1.82, 2.24) is 19.6 Å². The maximum atomic E-state index is 13.0. The molecule has 1 fully saturated rings. The van der Waals surface area contributed by atoms with Crippen LogP contribution in [0.25, 0.3) is 0 Å². The molecule has 3 heterocycles. The summed E-state index contributed by atoms with van der Waals surface area (Å²) in [5, 5.41) is 4.14. The van der Waals surface area contributed by atoms with Gasteiger partial charge in [0.05, 0.1) is 6.54 Å². The van der Waals surface area contributed by atoms with E-state index in [0.29, 0.717) is 31.2 Å². The zero-order valence-electron chi connectivity index (χ0n) is 14.9. The summed E-state index contributed by atoms with van der Waals surface area (Å²) in [5.41, 5.74) is 1.07. The molecule has 0 atom stereocenters. The van der Waals surface area contributed by atoms with Crippen LogP contribution in [-0.4, -0.2) is 51.7 Å². The molecule has 0 N–H and O–H groups in total. The Morgan fingerprint density at radius 3 is 2.52 bits per heavy atom. The first kappa shape index (κ1) is 17.5. The lowest BCUT2D eigenvalue weighted by Crippen LogP contribution is -2.48. The predicted octanol–water partition coefficient (Wildman–Crippen LogP) is 2.62. The normalized spacial score (nSPS) is 15.2. The second-order valence-electron chi connectivity index (χ2n) is 6.66. The third-order valence-electron chi connectivity index (χ3n) is 4.73. The van der Waals surface area contributed by atoms with Crippen LogP contribution in [0.1, 0.15) is 21.9 Å². The van der Waals surface area contributed by atoms with Crippen LogP contribution in [0.2, 0.25) is 0 Å². The number of benzene rings is 1. The van der Waals surface area contributed by atoms with E-state index in [1.54, 1.807) is 29.1 Å². The number of aromatic nitrogens is 2. The smallest absolute Gasteiger partial charge is 0.289 e. The number of hydrogen-bond donors (Lipinski definition) is 0. The molecule has 140 valence electrons. The zero-order valence-corrected chi connectivity index (χ0v) is 14.9. The summed E-state index contributed by atoms with van der Waals surface area (Å²) in [6.07, 6.45) is 3.56. The van der Waals surface area contributed by atoms with Gasteiger partial charge in [0, 0.05) is 45.1 Å². The molecular weight excluding hydrogens is 347 g/mol. The van der Waals surface area contributed by atoms with Crippen molar-refractivity contribution in [3.05, 3.63) is 77.8 Å². The van der Waals surface area contributed by atoms with Gasteiger partial charge in [0.15, 0.2) is 5.76 Å². The first-order valence-electron chi connectivity index (χ1n) is 8.99. The molecule has 0 spiro atoms. The number of halogens is 1. The minimum absolute atomic E-state index is 0.0804. The van der Waals surface area contributed by atoms with E-state index >= 15 is 0 Å². The Morgan fingerprint density at radius 1 is 1.04 bits per heavy atom. The van der Waals surface area contributed by atoms with Crippen molar-refractivity contribution in [2.45, 2.75) is 13.1 Å². The number of amides is 1. The molecular formula is C20H21FN4O2. The molecule has 7 heteroatoms. The van der Waals surface area contributed by atoms with Gasteiger partial charge >= 0.3 is 0 Å². The molecule has 1 aliphatic rings. The van der Waals surface area contributed by atoms with E-state index in [0.717, 1.165) is 25.2 Å². The van der Waals surface area contributed by atoms with Crippen molar-refractivity contribution >= 4 is 5.91 Å². The summed E-state index contributed by atoms with van der Waals surface area (Å²) in [6, 6.07) is 12.0. The number of carbonyl (C=O) groups excluding carboxylic acids is 1. The Hall–Kier alpha value is -2.93. The van der Waals surface area contributed by atoms with Gasteiger partial charge in [-0.1, -0.05) is 12.1 Å². The highest BCUT2D eigenvalue weighted by atomic mass is 19.1. The summed E-state index contributed by atoms with van der Waals surface area (Å²) in [7, 11) is 0. The van der Waals surface area contributed by atoms with Crippen LogP contribution in [0.4, 0.5) is 4.39 Å². The van der Waals surface area contributed by atoms with Crippen LogP contribution < -0.4 is 0 Å². The van der Waals surface area contributed by atoms with Crippen LogP contribution >= 0.6 is 0 Å². The molecule has 6 nitrogen and oxygen atoms in total. The van der Waals surface area contributed by atoms with Crippen molar-refractivity contribution < 1.29 is 13.6 Å². The first-order chi connectivity index (χ1) is 13.2. The maximum absolute atomic E-state index is 13.0. The van der Waals surface area contributed by atoms with E-state index < -0.39 is 0 Å². The average Bonchev–Trinajstić information content (AvgIpc) is 3.36. The number of rotatable bonds is 5. The van der Waals surface area contributed by atoms with Crippen molar-refractivity contribution in [3.63, 3.8) is 0 Å². The molecule has 1 amide bonds. The van der Waals surface area contributed by atoms with E-state index in [1.807, 2.05) is 23.2 Å². The van der Waals surface area contributed by atoms with Gasteiger partial charge in [0.1, 0.15) is 11.6 Å². The Kier molecular flexibility index (Phi) is 5.02. The second kappa shape index (κ2) is 7.75.